The summed E-state index contributed by atoms with van der Waals surface area (Å²) >= 11 is 1.62. The first kappa shape index (κ1) is 15.7. The highest BCUT2D eigenvalue weighted by Crippen LogP contribution is 2.31. The number of ether oxygens (including phenoxy) is 1. The van der Waals surface area contributed by atoms with Crippen molar-refractivity contribution in [3.05, 3.63) is 40.4 Å². The number of aryl methyl sites for hydroxylation is 2. The van der Waals surface area contributed by atoms with Gasteiger partial charge in [0.1, 0.15) is 11.6 Å². The molecule has 0 aliphatic rings. The molecule has 4 nitrogen and oxygen atoms in total. The molecule has 5 heteroatoms. The Balaban J connectivity index is 2.18. The first-order valence-corrected chi connectivity index (χ1v) is 7.65. The van der Waals surface area contributed by atoms with E-state index in [1.165, 1.54) is 12.7 Å². The molecule has 1 aromatic heterocycles. The van der Waals surface area contributed by atoms with Gasteiger partial charge in [-0.2, -0.15) is 0 Å². The van der Waals surface area contributed by atoms with E-state index in [0.29, 0.717) is 0 Å². The van der Waals surface area contributed by atoms with Crippen LogP contribution >= 0.6 is 11.3 Å². The Labute approximate surface area is 129 Å². The van der Waals surface area contributed by atoms with Crippen molar-refractivity contribution in [2.24, 2.45) is 0 Å². The normalized spacial score (nSPS) is 12.2. The molecule has 0 radical (unpaired) electrons. The monoisotopic (exact) mass is 304 g/mol. The number of hydrogen-bond acceptors (Lipinski definition) is 4. The third-order valence-electron chi connectivity index (χ3n) is 3.18. The number of methoxy groups -OCH3 is 1. The van der Waals surface area contributed by atoms with Gasteiger partial charge in [0.25, 0.3) is 0 Å². The van der Waals surface area contributed by atoms with Crippen LogP contribution in [0.15, 0.2) is 24.3 Å². The molecular weight excluding hydrogens is 284 g/mol. The van der Waals surface area contributed by atoms with Crippen LogP contribution < -0.4 is 5.32 Å². The van der Waals surface area contributed by atoms with E-state index in [1.54, 1.807) is 11.3 Å². The highest BCUT2D eigenvalue weighted by molar-refractivity contribution is 7.15. The van der Waals surface area contributed by atoms with Crippen molar-refractivity contribution in [1.82, 2.24) is 10.3 Å². The summed E-state index contributed by atoms with van der Waals surface area (Å²) in [6, 6.07) is 8.24. The van der Waals surface area contributed by atoms with Gasteiger partial charge in [-0.3, -0.25) is 4.79 Å². The summed E-state index contributed by atoms with van der Waals surface area (Å²) in [5.74, 6) is -0.116. The van der Waals surface area contributed by atoms with Gasteiger partial charge in [-0.1, -0.05) is 29.8 Å². The fourth-order valence-electron chi connectivity index (χ4n) is 2.11. The van der Waals surface area contributed by atoms with Crippen molar-refractivity contribution in [3.8, 4) is 10.6 Å². The van der Waals surface area contributed by atoms with Gasteiger partial charge in [0.2, 0.25) is 5.91 Å². The lowest BCUT2D eigenvalue weighted by atomic mass is 10.2. The van der Waals surface area contributed by atoms with E-state index in [-0.39, 0.29) is 18.6 Å². The number of aromatic nitrogens is 1. The van der Waals surface area contributed by atoms with Crippen molar-refractivity contribution in [2.75, 3.05) is 13.7 Å². The smallest absolute Gasteiger partial charge is 0.246 e. The highest BCUT2D eigenvalue weighted by Gasteiger charge is 2.17. The Morgan fingerprint density at radius 2 is 2.00 bits per heavy atom. The first-order valence-electron chi connectivity index (χ1n) is 6.84. The molecule has 1 aromatic carbocycles. The lowest BCUT2D eigenvalue weighted by Crippen LogP contribution is -2.29. The molecule has 21 heavy (non-hydrogen) atoms. The van der Waals surface area contributed by atoms with E-state index in [0.717, 1.165) is 21.1 Å². The second-order valence-electron chi connectivity index (χ2n) is 5.06. The van der Waals surface area contributed by atoms with Crippen LogP contribution in [0.25, 0.3) is 10.6 Å². The molecule has 0 spiro atoms. The van der Waals surface area contributed by atoms with Gasteiger partial charge in [0.05, 0.1) is 16.6 Å². The van der Waals surface area contributed by atoms with Crippen molar-refractivity contribution in [1.29, 1.82) is 0 Å². The number of benzene rings is 1. The van der Waals surface area contributed by atoms with Gasteiger partial charge in [0, 0.05) is 12.7 Å². The molecule has 0 bridgehead atoms. The van der Waals surface area contributed by atoms with Crippen LogP contribution in [-0.4, -0.2) is 24.6 Å². The van der Waals surface area contributed by atoms with Gasteiger partial charge in [-0.05, 0) is 20.8 Å². The average molecular weight is 304 g/mol. The summed E-state index contributed by atoms with van der Waals surface area (Å²) in [5, 5.41) is 3.90. The quantitative estimate of drug-likeness (QED) is 0.922. The Kier molecular flexibility index (Phi) is 5.09. The van der Waals surface area contributed by atoms with E-state index in [1.807, 2.05) is 13.8 Å². The number of hydrogen-bond donors (Lipinski definition) is 1. The topological polar surface area (TPSA) is 51.2 Å². The van der Waals surface area contributed by atoms with Gasteiger partial charge in [-0.15, -0.1) is 11.3 Å². The molecule has 1 atom stereocenters. The zero-order valence-corrected chi connectivity index (χ0v) is 13.6. The van der Waals surface area contributed by atoms with Crippen LogP contribution in [0, 0.1) is 13.8 Å². The standard InChI is InChI=1S/C16H20N2O2S/c1-10-5-7-13(8-6-10)16-18-12(3)15(21-16)11(2)17-14(19)9-20-4/h5-8,11H,9H2,1-4H3,(H,17,19)/t11-/m0/s1. The Morgan fingerprint density at radius 1 is 1.33 bits per heavy atom. The minimum Gasteiger partial charge on any atom is -0.375 e. The molecule has 0 aliphatic carbocycles. The van der Waals surface area contributed by atoms with Gasteiger partial charge < -0.3 is 10.1 Å². The molecule has 2 rings (SSSR count). The van der Waals surface area contributed by atoms with E-state index >= 15 is 0 Å². The third-order valence-corrected chi connectivity index (χ3v) is 4.57. The van der Waals surface area contributed by atoms with E-state index in [2.05, 4.69) is 41.5 Å². The number of carbonyl (C=O) groups is 1. The lowest BCUT2D eigenvalue weighted by Gasteiger charge is -2.12. The molecule has 1 N–H and O–H groups in total. The number of rotatable bonds is 5. The maximum Gasteiger partial charge on any atom is 0.246 e. The average Bonchev–Trinajstić information content (AvgIpc) is 2.82. The Hall–Kier alpha value is -1.72. The fourth-order valence-corrected chi connectivity index (χ4v) is 3.18. The molecule has 0 aliphatic heterocycles. The van der Waals surface area contributed by atoms with Crippen LogP contribution in [0.3, 0.4) is 0 Å². The summed E-state index contributed by atoms with van der Waals surface area (Å²) in [6.07, 6.45) is 0. The van der Waals surface area contributed by atoms with Crippen molar-refractivity contribution >= 4 is 17.2 Å². The van der Waals surface area contributed by atoms with Gasteiger partial charge >= 0.3 is 0 Å². The van der Waals surface area contributed by atoms with Crippen LogP contribution in [0.1, 0.15) is 29.1 Å². The molecule has 0 saturated heterocycles. The molecule has 0 unspecified atom stereocenters. The number of amides is 1. The molecule has 1 amide bonds. The maximum absolute atomic E-state index is 11.6. The summed E-state index contributed by atoms with van der Waals surface area (Å²) in [4.78, 5) is 17.3. The zero-order chi connectivity index (χ0) is 15.4. The molecule has 0 saturated carbocycles. The van der Waals surface area contributed by atoms with Crippen molar-refractivity contribution in [2.45, 2.75) is 26.8 Å². The minimum atomic E-state index is -0.116. The highest BCUT2D eigenvalue weighted by atomic mass is 32.1. The summed E-state index contributed by atoms with van der Waals surface area (Å²) in [5.41, 5.74) is 3.30. The minimum absolute atomic E-state index is 0.0654. The second kappa shape index (κ2) is 6.83. The second-order valence-corrected chi connectivity index (χ2v) is 6.09. The van der Waals surface area contributed by atoms with Crippen LogP contribution in [-0.2, 0) is 9.53 Å². The van der Waals surface area contributed by atoms with Crippen LogP contribution in [0.2, 0.25) is 0 Å². The molecular formula is C16H20N2O2S. The summed E-state index contributed by atoms with van der Waals surface area (Å²) < 4.78 is 4.83. The van der Waals surface area contributed by atoms with Gasteiger partial charge in [0.15, 0.2) is 0 Å². The van der Waals surface area contributed by atoms with Crippen LogP contribution in [0.5, 0.6) is 0 Å². The number of nitrogens with zero attached hydrogens (tertiary/aromatic N) is 1. The lowest BCUT2D eigenvalue weighted by molar-refractivity contribution is -0.125. The SMILES string of the molecule is COCC(=O)N[C@@H](C)c1sc(-c2ccc(C)cc2)nc1C. The summed E-state index contributed by atoms with van der Waals surface area (Å²) in [7, 11) is 1.51. The first-order chi connectivity index (χ1) is 10.0. The molecule has 112 valence electrons. The summed E-state index contributed by atoms with van der Waals surface area (Å²) in [6.45, 7) is 6.08. The van der Waals surface area contributed by atoms with Crippen molar-refractivity contribution < 1.29 is 9.53 Å². The Bertz CT molecular complexity index is 620. The number of nitrogens with one attached hydrogen (secondary N) is 1. The Morgan fingerprint density at radius 3 is 2.62 bits per heavy atom. The molecule has 0 fully saturated rings. The molecule has 2 aromatic rings. The predicted octanol–water partition coefficient (Wildman–Crippen LogP) is 3.25. The predicted molar refractivity (Wildman–Crippen MR) is 85.5 cm³/mol. The molecule has 1 heterocycles. The van der Waals surface area contributed by atoms with Crippen LogP contribution in [0.4, 0.5) is 0 Å². The van der Waals surface area contributed by atoms with Gasteiger partial charge in [-0.25, -0.2) is 4.98 Å². The van der Waals surface area contributed by atoms with Crippen molar-refractivity contribution in [3.63, 3.8) is 0 Å². The zero-order valence-electron chi connectivity index (χ0n) is 12.8. The number of carbonyl (C=O) groups excluding carboxylic acids is 1. The third kappa shape index (κ3) is 3.89. The fraction of sp³-hybridized carbons (Fsp3) is 0.375. The number of thiazole rings is 1. The van der Waals surface area contributed by atoms with E-state index < -0.39 is 0 Å². The maximum atomic E-state index is 11.6. The van der Waals surface area contributed by atoms with E-state index in [4.69, 9.17) is 4.74 Å². The largest absolute Gasteiger partial charge is 0.375 e. The van der Waals surface area contributed by atoms with E-state index in [9.17, 15) is 4.79 Å².